The summed E-state index contributed by atoms with van der Waals surface area (Å²) < 4.78 is 32.8. The molecule has 1 saturated heterocycles. The van der Waals surface area contributed by atoms with Crippen molar-refractivity contribution in [3.05, 3.63) is 88.5 Å². The number of fused-ring (bicyclic) bond motifs is 1. The van der Waals surface area contributed by atoms with Gasteiger partial charge in [-0.3, -0.25) is 9.59 Å². The molecule has 3 aromatic carbocycles. The maximum Gasteiger partial charge on any atom is 0.264 e. The Balaban J connectivity index is 1.42. The van der Waals surface area contributed by atoms with Crippen LogP contribution in [0.3, 0.4) is 0 Å². The largest absolute Gasteiger partial charge is 0.507 e. The number of nitrogens with zero attached hydrogens (tertiary/aromatic N) is 2. The monoisotopic (exact) mass is 521 g/mol. The molecule has 2 amide bonds. The van der Waals surface area contributed by atoms with E-state index in [1.54, 1.807) is 16.8 Å². The Hall–Kier alpha value is -4.14. The highest BCUT2D eigenvalue weighted by Crippen LogP contribution is 2.37. The first kappa shape index (κ1) is 25.5. The Morgan fingerprint density at radius 3 is 2.63 bits per heavy atom. The summed E-state index contributed by atoms with van der Waals surface area (Å²) in [5.41, 5.74) is 2.96. The number of alkyl halides is 2. The summed E-state index contributed by atoms with van der Waals surface area (Å²) >= 11 is 0. The second kappa shape index (κ2) is 10.7. The van der Waals surface area contributed by atoms with Crippen LogP contribution in [0.1, 0.15) is 45.5 Å². The molecule has 5 rings (SSSR count). The van der Waals surface area contributed by atoms with E-state index in [1.807, 2.05) is 48.5 Å². The van der Waals surface area contributed by atoms with Crippen molar-refractivity contribution >= 4 is 17.5 Å². The van der Waals surface area contributed by atoms with Gasteiger partial charge in [-0.15, -0.1) is 0 Å². The van der Waals surface area contributed by atoms with Crippen LogP contribution in [0.25, 0.3) is 0 Å². The van der Waals surface area contributed by atoms with Crippen molar-refractivity contribution in [3.8, 4) is 11.5 Å². The third-order valence-corrected chi connectivity index (χ3v) is 7.12. The van der Waals surface area contributed by atoms with Crippen LogP contribution in [0.2, 0.25) is 0 Å². The number of nitrogens with one attached hydrogen (secondary N) is 1. The molecule has 0 spiro atoms. The fraction of sp³-hybridized carbons (Fsp3) is 0.310. The minimum Gasteiger partial charge on any atom is -0.507 e. The molecule has 2 heterocycles. The van der Waals surface area contributed by atoms with Crippen molar-refractivity contribution in [1.82, 2.24) is 9.80 Å². The van der Waals surface area contributed by atoms with Crippen LogP contribution in [0, 0.1) is 0 Å². The van der Waals surface area contributed by atoms with Crippen molar-refractivity contribution in [1.29, 1.82) is 0 Å². The number of phenols is 1. The van der Waals surface area contributed by atoms with E-state index in [0.717, 1.165) is 34.5 Å². The Labute approximate surface area is 219 Å². The zero-order chi connectivity index (χ0) is 26.8. The summed E-state index contributed by atoms with van der Waals surface area (Å²) in [7, 11) is 1.77. The fourth-order valence-corrected chi connectivity index (χ4v) is 5.00. The summed E-state index contributed by atoms with van der Waals surface area (Å²) in [5.74, 6) is -1.13. The normalized spacial score (nSPS) is 17.1. The van der Waals surface area contributed by atoms with Crippen LogP contribution in [-0.2, 0) is 24.4 Å². The van der Waals surface area contributed by atoms with E-state index in [1.165, 1.54) is 0 Å². The van der Waals surface area contributed by atoms with Gasteiger partial charge in [0.05, 0.1) is 0 Å². The minimum atomic E-state index is -2.84. The first-order valence-corrected chi connectivity index (χ1v) is 12.5. The van der Waals surface area contributed by atoms with Gasteiger partial charge in [0, 0.05) is 37.9 Å². The van der Waals surface area contributed by atoms with E-state index in [9.17, 15) is 23.5 Å². The Morgan fingerprint density at radius 2 is 1.92 bits per heavy atom. The molecule has 7 nitrogen and oxygen atoms in total. The van der Waals surface area contributed by atoms with Crippen LogP contribution in [-0.4, -0.2) is 52.9 Å². The minimum absolute atomic E-state index is 0.0237. The zero-order valence-electron chi connectivity index (χ0n) is 21.0. The third-order valence-electron chi connectivity index (χ3n) is 7.12. The fourth-order valence-electron chi connectivity index (χ4n) is 5.00. The lowest BCUT2D eigenvalue weighted by Gasteiger charge is -2.31. The molecule has 1 atom stereocenters. The summed E-state index contributed by atoms with van der Waals surface area (Å²) in [6.07, 6.45) is -1.57. The molecule has 38 heavy (non-hydrogen) atoms. The summed E-state index contributed by atoms with van der Waals surface area (Å²) in [6.45, 7) is 1.35. The highest BCUT2D eigenvalue weighted by atomic mass is 19.3. The van der Waals surface area contributed by atoms with Crippen molar-refractivity contribution in [2.24, 2.45) is 0 Å². The van der Waals surface area contributed by atoms with Gasteiger partial charge in [-0.1, -0.05) is 42.5 Å². The quantitative estimate of drug-likeness (QED) is 0.469. The molecular weight excluding hydrogens is 492 g/mol. The number of hydrogen-bond donors (Lipinski definition) is 2. The molecule has 1 fully saturated rings. The van der Waals surface area contributed by atoms with Crippen LogP contribution in [0.15, 0.2) is 60.7 Å². The van der Waals surface area contributed by atoms with Crippen LogP contribution >= 0.6 is 0 Å². The first-order valence-electron chi connectivity index (χ1n) is 12.5. The van der Waals surface area contributed by atoms with Crippen LogP contribution < -0.4 is 10.1 Å². The topological polar surface area (TPSA) is 82.1 Å². The van der Waals surface area contributed by atoms with Crippen molar-refractivity contribution in [3.63, 3.8) is 0 Å². The summed E-state index contributed by atoms with van der Waals surface area (Å²) in [6, 6.07) is 16.7. The molecule has 0 bridgehead atoms. The van der Waals surface area contributed by atoms with Crippen molar-refractivity contribution in [2.75, 3.05) is 25.5 Å². The number of likely N-dealkylation sites (N-methyl/N-ethyl adjacent to an activating group) is 1. The van der Waals surface area contributed by atoms with Gasteiger partial charge in [-0.05, 0) is 47.7 Å². The van der Waals surface area contributed by atoms with Gasteiger partial charge in [0.15, 0.2) is 0 Å². The summed E-state index contributed by atoms with van der Waals surface area (Å²) in [4.78, 5) is 29.4. The first-order chi connectivity index (χ1) is 18.3. The smallest absolute Gasteiger partial charge is 0.264 e. The number of carbonyl (C=O) groups excluding carboxylic acids is 2. The molecular formula is C29H29F2N3O4. The molecule has 0 saturated carbocycles. The second-order valence-electron chi connectivity index (χ2n) is 9.65. The Morgan fingerprint density at radius 1 is 1.13 bits per heavy atom. The lowest BCUT2D eigenvalue weighted by molar-refractivity contribution is -0.127. The van der Waals surface area contributed by atoms with Gasteiger partial charge in [0.1, 0.15) is 29.7 Å². The predicted octanol–water partition coefficient (Wildman–Crippen LogP) is 4.75. The number of carbonyl (C=O) groups is 2. The maximum atomic E-state index is 13.7. The Kier molecular flexibility index (Phi) is 7.18. The van der Waals surface area contributed by atoms with E-state index in [4.69, 9.17) is 4.74 Å². The number of benzene rings is 3. The molecule has 2 N–H and O–H groups in total. The van der Waals surface area contributed by atoms with Gasteiger partial charge < -0.3 is 25.0 Å². The van der Waals surface area contributed by atoms with Gasteiger partial charge in [0.25, 0.3) is 12.3 Å². The van der Waals surface area contributed by atoms with Gasteiger partial charge >= 0.3 is 0 Å². The van der Waals surface area contributed by atoms with Crippen LogP contribution in [0.5, 0.6) is 11.5 Å². The standard InChI is InChI=1S/C29H29F2N3O4/c1-33-12-11-23(28(33)36)32-22-9-5-8-19-10-13-34(16-21(19)22)29(37)26-24(35)14-20(27(30)31)15-25(26)38-17-18-6-3-2-4-7-18/h2-9,14-15,23,27,32,35H,10-13,16-17H2,1H3/t23-/m0/s1. The number of phenolic OH excluding ortho intramolecular Hbond substituents is 1. The van der Waals surface area contributed by atoms with E-state index in [0.29, 0.717) is 25.9 Å². The van der Waals surface area contributed by atoms with E-state index in [2.05, 4.69) is 5.32 Å². The number of ether oxygens (including phenoxy) is 1. The van der Waals surface area contributed by atoms with E-state index >= 15 is 0 Å². The SMILES string of the molecule is CN1CC[C@H](Nc2cccc3c2CN(C(=O)c2c(O)cc(C(F)F)cc2OCc2ccccc2)CC3)C1=O. The molecule has 9 heteroatoms. The predicted molar refractivity (Wildman–Crippen MR) is 138 cm³/mol. The lowest BCUT2D eigenvalue weighted by Crippen LogP contribution is -2.37. The molecule has 0 unspecified atom stereocenters. The van der Waals surface area contributed by atoms with Gasteiger partial charge in [0.2, 0.25) is 5.91 Å². The maximum absolute atomic E-state index is 13.7. The zero-order valence-corrected chi connectivity index (χ0v) is 21.0. The summed E-state index contributed by atoms with van der Waals surface area (Å²) in [5, 5.41) is 14.0. The van der Waals surface area contributed by atoms with Gasteiger partial charge in [-0.25, -0.2) is 8.78 Å². The molecule has 2 aliphatic heterocycles. The molecule has 0 radical (unpaired) electrons. The van der Waals surface area contributed by atoms with E-state index < -0.39 is 23.6 Å². The molecule has 3 aromatic rings. The third kappa shape index (κ3) is 5.14. The molecule has 0 aromatic heterocycles. The van der Waals surface area contributed by atoms with Crippen LogP contribution in [0.4, 0.5) is 14.5 Å². The lowest BCUT2D eigenvalue weighted by atomic mass is 9.96. The second-order valence-corrected chi connectivity index (χ2v) is 9.65. The number of halogens is 2. The molecule has 198 valence electrons. The number of rotatable bonds is 7. The number of likely N-dealkylation sites (tertiary alicyclic amines) is 1. The van der Waals surface area contributed by atoms with Crippen molar-refractivity contribution in [2.45, 2.75) is 38.5 Å². The number of aromatic hydroxyl groups is 1. The number of amides is 2. The molecule has 0 aliphatic carbocycles. The number of hydrogen-bond acceptors (Lipinski definition) is 5. The average molecular weight is 522 g/mol. The van der Waals surface area contributed by atoms with E-state index in [-0.39, 0.29) is 36.4 Å². The highest BCUT2D eigenvalue weighted by molar-refractivity contribution is 6.00. The average Bonchev–Trinajstić information content (AvgIpc) is 3.24. The van der Waals surface area contributed by atoms with Crippen molar-refractivity contribution < 1.29 is 28.2 Å². The Bertz CT molecular complexity index is 1350. The molecule has 2 aliphatic rings. The van der Waals surface area contributed by atoms with Gasteiger partial charge in [-0.2, -0.15) is 0 Å². The highest BCUT2D eigenvalue weighted by Gasteiger charge is 2.32. The number of anilines is 1.